The lowest BCUT2D eigenvalue weighted by molar-refractivity contribution is 0.0167. The third-order valence-corrected chi connectivity index (χ3v) is 7.47. The van der Waals surface area contributed by atoms with Crippen molar-refractivity contribution in [3.8, 4) is 0 Å². The van der Waals surface area contributed by atoms with E-state index in [4.69, 9.17) is 4.52 Å². The van der Waals surface area contributed by atoms with Crippen LogP contribution < -0.4 is 5.32 Å². The van der Waals surface area contributed by atoms with Crippen LogP contribution in [0.25, 0.3) is 0 Å². The van der Waals surface area contributed by atoms with Gasteiger partial charge in [0.1, 0.15) is 5.76 Å². The van der Waals surface area contributed by atoms with E-state index in [1.165, 1.54) is 58.3 Å². The molecule has 0 aliphatic carbocycles. The predicted molar refractivity (Wildman–Crippen MR) is 124 cm³/mol. The van der Waals surface area contributed by atoms with Gasteiger partial charge in [0.05, 0.1) is 5.69 Å². The molecular formula is C23H41N7O. The van der Waals surface area contributed by atoms with Crippen molar-refractivity contribution in [1.29, 1.82) is 0 Å². The lowest BCUT2D eigenvalue weighted by atomic mass is 9.84. The van der Waals surface area contributed by atoms with Crippen molar-refractivity contribution in [3.05, 3.63) is 17.5 Å². The van der Waals surface area contributed by atoms with Gasteiger partial charge in [0.25, 0.3) is 0 Å². The van der Waals surface area contributed by atoms with Crippen LogP contribution >= 0.6 is 0 Å². The number of rotatable bonds is 5. The van der Waals surface area contributed by atoms with E-state index < -0.39 is 0 Å². The van der Waals surface area contributed by atoms with Crippen molar-refractivity contribution < 1.29 is 4.52 Å². The summed E-state index contributed by atoms with van der Waals surface area (Å²) >= 11 is 0. The molecule has 31 heavy (non-hydrogen) atoms. The summed E-state index contributed by atoms with van der Waals surface area (Å²) < 4.78 is 5.22. The molecule has 4 rings (SSSR count). The van der Waals surface area contributed by atoms with Gasteiger partial charge in [0.2, 0.25) is 0 Å². The van der Waals surface area contributed by atoms with Crippen molar-refractivity contribution in [3.63, 3.8) is 0 Å². The highest BCUT2D eigenvalue weighted by atomic mass is 16.5. The van der Waals surface area contributed by atoms with Crippen molar-refractivity contribution in [2.75, 3.05) is 73.0 Å². The van der Waals surface area contributed by atoms with Crippen molar-refractivity contribution >= 4 is 5.96 Å². The molecule has 4 heterocycles. The number of guanidine groups is 1. The second-order valence-corrected chi connectivity index (χ2v) is 9.67. The SMILES string of the molecule is CN=C(NCC1(N2CCCCC2)CCN(C)CC1)N1CCN(Cc2cc(C)on2)CC1. The number of aryl methyl sites for hydroxylation is 1. The number of nitrogens with one attached hydrogen (secondary N) is 1. The van der Waals surface area contributed by atoms with Crippen molar-refractivity contribution in [1.82, 2.24) is 30.1 Å². The first kappa shape index (κ1) is 22.6. The highest BCUT2D eigenvalue weighted by molar-refractivity contribution is 5.80. The molecule has 0 spiro atoms. The van der Waals surface area contributed by atoms with Gasteiger partial charge < -0.3 is 19.6 Å². The number of hydrogen-bond acceptors (Lipinski definition) is 6. The second kappa shape index (κ2) is 10.3. The van der Waals surface area contributed by atoms with E-state index in [2.05, 4.69) is 42.1 Å². The molecule has 0 aromatic carbocycles. The van der Waals surface area contributed by atoms with Crippen LogP contribution in [0.4, 0.5) is 0 Å². The molecule has 0 amide bonds. The van der Waals surface area contributed by atoms with E-state index in [0.717, 1.165) is 56.7 Å². The van der Waals surface area contributed by atoms with Crippen LogP contribution in [0.1, 0.15) is 43.6 Å². The summed E-state index contributed by atoms with van der Waals surface area (Å²) in [5.41, 5.74) is 1.30. The smallest absolute Gasteiger partial charge is 0.193 e. The zero-order valence-electron chi connectivity index (χ0n) is 19.8. The molecule has 174 valence electrons. The van der Waals surface area contributed by atoms with E-state index in [1.54, 1.807) is 0 Å². The largest absolute Gasteiger partial charge is 0.361 e. The third kappa shape index (κ3) is 5.59. The first-order valence-corrected chi connectivity index (χ1v) is 12.1. The summed E-state index contributed by atoms with van der Waals surface area (Å²) in [6, 6.07) is 2.04. The molecule has 0 bridgehead atoms. The standard InChI is InChI=1S/C23H41N7O/c1-20-17-21(26-31-20)18-28-13-15-29(16-14-28)22(24-2)25-19-23(7-11-27(3)12-8-23)30-9-5-4-6-10-30/h17H,4-16,18-19H2,1-3H3,(H,24,25). The quantitative estimate of drug-likeness (QED) is 0.561. The maximum absolute atomic E-state index is 5.22. The van der Waals surface area contributed by atoms with Gasteiger partial charge in [-0.2, -0.15) is 0 Å². The third-order valence-electron chi connectivity index (χ3n) is 7.47. The first-order chi connectivity index (χ1) is 15.1. The summed E-state index contributed by atoms with van der Waals surface area (Å²) in [6.45, 7) is 12.7. The lowest BCUT2D eigenvalue weighted by Crippen LogP contribution is -2.63. The monoisotopic (exact) mass is 431 g/mol. The number of piperidine rings is 2. The molecule has 0 unspecified atom stereocenters. The molecule has 1 N–H and O–H groups in total. The molecule has 1 aromatic rings. The maximum atomic E-state index is 5.22. The normalized spacial score (nSPS) is 24.5. The predicted octanol–water partition coefficient (Wildman–Crippen LogP) is 1.63. The average Bonchev–Trinajstić information content (AvgIpc) is 3.22. The summed E-state index contributed by atoms with van der Waals surface area (Å²) in [7, 11) is 4.18. The molecule has 3 aliphatic heterocycles. The van der Waals surface area contributed by atoms with Crippen LogP contribution in [0.15, 0.2) is 15.6 Å². The Morgan fingerprint density at radius 3 is 2.39 bits per heavy atom. The fourth-order valence-electron chi connectivity index (χ4n) is 5.42. The Kier molecular flexibility index (Phi) is 7.51. The highest BCUT2D eigenvalue weighted by Crippen LogP contribution is 2.31. The van der Waals surface area contributed by atoms with Crippen molar-refractivity contribution in [2.45, 2.75) is 51.1 Å². The first-order valence-electron chi connectivity index (χ1n) is 12.1. The Hall–Kier alpha value is -1.64. The number of likely N-dealkylation sites (tertiary alicyclic amines) is 2. The number of piperazine rings is 1. The number of aromatic nitrogens is 1. The van der Waals surface area contributed by atoms with Crippen LogP contribution in [0, 0.1) is 6.92 Å². The molecule has 8 nitrogen and oxygen atoms in total. The molecule has 3 aliphatic rings. The second-order valence-electron chi connectivity index (χ2n) is 9.67. The minimum atomic E-state index is 0.273. The summed E-state index contributed by atoms with van der Waals surface area (Å²) in [6.07, 6.45) is 6.58. The molecule has 3 fully saturated rings. The Bertz CT molecular complexity index is 711. The Morgan fingerprint density at radius 1 is 1.06 bits per heavy atom. The fourth-order valence-corrected chi connectivity index (χ4v) is 5.42. The van der Waals surface area contributed by atoms with Crippen LogP contribution in [-0.4, -0.2) is 109 Å². The van der Waals surface area contributed by atoms with Crippen LogP contribution in [0.3, 0.4) is 0 Å². The van der Waals surface area contributed by atoms with Crippen molar-refractivity contribution in [2.24, 2.45) is 4.99 Å². The Morgan fingerprint density at radius 2 is 1.77 bits per heavy atom. The zero-order valence-corrected chi connectivity index (χ0v) is 19.8. The summed E-state index contributed by atoms with van der Waals surface area (Å²) in [5, 5.41) is 7.94. The number of hydrogen-bond donors (Lipinski definition) is 1. The minimum absolute atomic E-state index is 0.273. The summed E-state index contributed by atoms with van der Waals surface area (Å²) in [5.74, 6) is 1.95. The zero-order chi connectivity index (χ0) is 21.7. The number of nitrogens with zero attached hydrogens (tertiary/aromatic N) is 6. The Labute approximate surface area is 187 Å². The molecule has 0 radical (unpaired) electrons. The van der Waals surface area contributed by atoms with E-state index in [1.807, 2.05) is 20.0 Å². The molecule has 3 saturated heterocycles. The van der Waals surface area contributed by atoms with Crippen LogP contribution in [-0.2, 0) is 6.54 Å². The fraction of sp³-hybridized carbons (Fsp3) is 0.826. The van der Waals surface area contributed by atoms with Crippen LogP contribution in [0.2, 0.25) is 0 Å². The molecule has 1 aromatic heterocycles. The number of aliphatic imine (C=N–C) groups is 1. The van der Waals surface area contributed by atoms with E-state index in [0.29, 0.717) is 0 Å². The highest BCUT2D eigenvalue weighted by Gasteiger charge is 2.40. The lowest BCUT2D eigenvalue weighted by Gasteiger charge is -2.50. The molecule has 0 saturated carbocycles. The van der Waals surface area contributed by atoms with Gasteiger partial charge in [0, 0.05) is 57.9 Å². The van der Waals surface area contributed by atoms with E-state index in [-0.39, 0.29) is 5.54 Å². The van der Waals surface area contributed by atoms with Gasteiger partial charge in [0.15, 0.2) is 5.96 Å². The molecular weight excluding hydrogens is 390 g/mol. The molecule has 0 atom stereocenters. The average molecular weight is 432 g/mol. The van der Waals surface area contributed by atoms with Gasteiger partial charge >= 0.3 is 0 Å². The maximum Gasteiger partial charge on any atom is 0.193 e. The Balaban J connectivity index is 1.31. The summed E-state index contributed by atoms with van der Waals surface area (Å²) in [4.78, 5) is 14.8. The van der Waals surface area contributed by atoms with Gasteiger partial charge in [-0.05, 0) is 65.8 Å². The van der Waals surface area contributed by atoms with Gasteiger partial charge in [-0.3, -0.25) is 14.8 Å². The van der Waals surface area contributed by atoms with E-state index >= 15 is 0 Å². The van der Waals surface area contributed by atoms with Gasteiger partial charge in [-0.25, -0.2) is 0 Å². The minimum Gasteiger partial charge on any atom is -0.361 e. The topological polar surface area (TPSA) is 63.4 Å². The van der Waals surface area contributed by atoms with E-state index in [9.17, 15) is 0 Å². The van der Waals surface area contributed by atoms with Gasteiger partial charge in [-0.1, -0.05) is 11.6 Å². The van der Waals surface area contributed by atoms with Gasteiger partial charge in [-0.15, -0.1) is 0 Å². The van der Waals surface area contributed by atoms with Crippen LogP contribution in [0.5, 0.6) is 0 Å². The molecule has 8 heteroatoms.